The summed E-state index contributed by atoms with van der Waals surface area (Å²) in [7, 11) is 0. The van der Waals surface area contributed by atoms with Gasteiger partial charge in [-0.25, -0.2) is 4.98 Å². The van der Waals surface area contributed by atoms with Crippen molar-refractivity contribution in [3.05, 3.63) is 34.6 Å². The fraction of sp³-hybridized carbons (Fsp3) is 0.609. The molecular formula is C23H29N3O2S. The van der Waals surface area contributed by atoms with Gasteiger partial charge in [-0.05, 0) is 74.8 Å². The van der Waals surface area contributed by atoms with Crippen LogP contribution in [0.25, 0.3) is 10.9 Å². The van der Waals surface area contributed by atoms with Crippen molar-refractivity contribution in [2.45, 2.75) is 69.1 Å². The van der Waals surface area contributed by atoms with Crippen LogP contribution in [0.3, 0.4) is 0 Å². The van der Waals surface area contributed by atoms with Crippen LogP contribution in [0, 0.1) is 17.8 Å². The summed E-state index contributed by atoms with van der Waals surface area (Å²) in [6.45, 7) is 2.67. The minimum atomic E-state index is -0.0126. The summed E-state index contributed by atoms with van der Waals surface area (Å²) >= 11 is 1.39. The van der Waals surface area contributed by atoms with E-state index in [0.29, 0.717) is 28.4 Å². The summed E-state index contributed by atoms with van der Waals surface area (Å²) in [6, 6.07) is 7.46. The number of hydrogen-bond donors (Lipinski definition) is 1. The number of aromatic nitrogens is 2. The lowest BCUT2D eigenvalue weighted by atomic mass is 9.53. The van der Waals surface area contributed by atoms with Crippen molar-refractivity contribution in [3.63, 3.8) is 0 Å². The summed E-state index contributed by atoms with van der Waals surface area (Å²) in [4.78, 5) is 30.5. The molecule has 2 aromatic rings. The van der Waals surface area contributed by atoms with Crippen molar-refractivity contribution >= 4 is 28.6 Å². The molecule has 0 aliphatic heterocycles. The molecule has 4 aliphatic carbocycles. The Balaban J connectivity index is 1.32. The number of para-hydroxylation sites is 1. The van der Waals surface area contributed by atoms with Gasteiger partial charge < -0.3 is 5.32 Å². The van der Waals surface area contributed by atoms with Crippen LogP contribution in [-0.4, -0.2) is 26.8 Å². The van der Waals surface area contributed by atoms with Gasteiger partial charge in [0.25, 0.3) is 5.56 Å². The van der Waals surface area contributed by atoms with Gasteiger partial charge in [-0.1, -0.05) is 30.8 Å². The summed E-state index contributed by atoms with van der Waals surface area (Å²) in [5.41, 5.74) is 0.724. The maximum absolute atomic E-state index is 12.9. The number of fused-ring (bicyclic) bond motifs is 1. The minimum absolute atomic E-state index is 0.0126. The molecule has 0 saturated heterocycles. The highest BCUT2D eigenvalue weighted by atomic mass is 32.2. The average molecular weight is 412 g/mol. The van der Waals surface area contributed by atoms with Crippen LogP contribution < -0.4 is 10.9 Å². The Morgan fingerprint density at radius 3 is 2.48 bits per heavy atom. The molecule has 1 amide bonds. The Bertz CT molecular complexity index is 964. The molecule has 6 rings (SSSR count). The second kappa shape index (κ2) is 7.46. The highest BCUT2D eigenvalue weighted by Crippen LogP contribution is 2.55. The van der Waals surface area contributed by atoms with E-state index in [1.807, 2.05) is 24.3 Å². The third-order valence-electron chi connectivity index (χ3n) is 7.05. The van der Waals surface area contributed by atoms with Gasteiger partial charge in [-0.3, -0.25) is 14.2 Å². The van der Waals surface area contributed by atoms with Crippen molar-refractivity contribution in [1.82, 2.24) is 14.9 Å². The Morgan fingerprint density at radius 2 is 1.83 bits per heavy atom. The number of nitrogens with one attached hydrogen (secondary N) is 1. The van der Waals surface area contributed by atoms with Gasteiger partial charge in [0.2, 0.25) is 5.91 Å². The van der Waals surface area contributed by atoms with Gasteiger partial charge in [0.05, 0.1) is 16.7 Å². The molecular weight excluding hydrogens is 382 g/mol. The molecule has 0 spiro atoms. The van der Waals surface area contributed by atoms with Crippen LogP contribution in [-0.2, 0) is 11.3 Å². The number of nitrogens with zero attached hydrogens (tertiary/aromatic N) is 2. The van der Waals surface area contributed by atoms with Gasteiger partial charge >= 0.3 is 0 Å². The first-order valence-electron chi connectivity index (χ1n) is 11.0. The first-order valence-corrected chi connectivity index (χ1v) is 12.0. The Morgan fingerprint density at radius 1 is 1.17 bits per heavy atom. The summed E-state index contributed by atoms with van der Waals surface area (Å²) in [5.74, 6) is 2.83. The fourth-order valence-electron chi connectivity index (χ4n) is 6.40. The smallest absolute Gasteiger partial charge is 0.262 e. The quantitative estimate of drug-likeness (QED) is 0.577. The Labute approximate surface area is 175 Å². The molecule has 6 heteroatoms. The number of carbonyl (C=O) groups excluding carboxylic acids is 1. The Hall–Kier alpha value is -1.82. The molecule has 0 radical (unpaired) electrons. The summed E-state index contributed by atoms with van der Waals surface area (Å²) < 4.78 is 1.73. The van der Waals surface area contributed by atoms with Crippen molar-refractivity contribution in [1.29, 1.82) is 0 Å². The number of rotatable bonds is 6. The van der Waals surface area contributed by atoms with Crippen LogP contribution in [0.2, 0.25) is 0 Å². The summed E-state index contributed by atoms with van der Waals surface area (Å²) in [6.07, 6.45) is 8.43. The fourth-order valence-corrected chi connectivity index (χ4v) is 7.23. The maximum atomic E-state index is 12.9. The zero-order valence-corrected chi connectivity index (χ0v) is 17.8. The first-order chi connectivity index (χ1) is 14.0. The van der Waals surface area contributed by atoms with Crippen molar-refractivity contribution in [2.24, 2.45) is 17.8 Å². The van der Waals surface area contributed by atoms with Crippen LogP contribution in [0.1, 0.15) is 51.9 Å². The van der Waals surface area contributed by atoms with E-state index in [-0.39, 0.29) is 17.0 Å². The maximum Gasteiger partial charge on any atom is 0.262 e. The van der Waals surface area contributed by atoms with E-state index in [4.69, 9.17) is 4.98 Å². The van der Waals surface area contributed by atoms with Crippen LogP contribution in [0.5, 0.6) is 0 Å². The predicted octanol–water partition coefficient (Wildman–Crippen LogP) is 3.98. The first kappa shape index (κ1) is 19.2. The normalized spacial score (nSPS) is 30.0. The zero-order valence-electron chi connectivity index (χ0n) is 17.0. The number of thioether (sulfide) groups is 1. The predicted molar refractivity (Wildman–Crippen MR) is 116 cm³/mol. The molecule has 1 N–H and O–H groups in total. The molecule has 4 fully saturated rings. The molecule has 0 atom stereocenters. The third-order valence-corrected chi connectivity index (χ3v) is 8.03. The topological polar surface area (TPSA) is 64.0 Å². The van der Waals surface area contributed by atoms with Crippen molar-refractivity contribution < 1.29 is 4.79 Å². The SMILES string of the molecule is CCCn1c(SCC(=O)NC23CC4CC(CC(C4)C2)C3)nc2ccccc2c1=O. The van der Waals surface area contributed by atoms with E-state index < -0.39 is 0 Å². The second-order valence-electron chi connectivity index (χ2n) is 9.40. The molecule has 4 aliphatic rings. The molecule has 29 heavy (non-hydrogen) atoms. The molecule has 1 heterocycles. The molecule has 1 aromatic carbocycles. The molecule has 1 aromatic heterocycles. The lowest BCUT2D eigenvalue weighted by molar-refractivity contribution is -0.124. The van der Waals surface area contributed by atoms with Gasteiger partial charge in [0.1, 0.15) is 0 Å². The number of carbonyl (C=O) groups is 1. The van der Waals surface area contributed by atoms with E-state index in [1.165, 1.54) is 31.0 Å². The standard InChI is InChI=1S/C23H29N3O2S/c1-2-7-26-21(28)18-5-3-4-6-19(18)24-22(26)29-14-20(27)25-23-11-15-8-16(12-23)10-17(9-15)13-23/h3-6,15-17H,2,7-14H2,1H3,(H,25,27). The van der Waals surface area contributed by atoms with Crippen molar-refractivity contribution in [2.75, 3.05) is 5.75 Å². The third kappa shape index (κ3) is 3.60. The largest absolute Gasteiger partial charge is 0.350 e. The van der Waals surface area contributed by atoms with Crippen LogP contribution in [0.4, 0.5) is 0 Å². The monoisotopic (exact) mass is 411 g/mol. The Kier molecular flexibility index (Phi) is 4.93. The van der Waals surface area contributed by atoms with Crippen LogP contribution in [0.15, 0.2) is 34.2 Å². The molecule has 4 bridgehead atoms. The van der Waals surface area contributed by atoms with Crippen LogP contribution >= 0.6 is 11.8 Å². The minimum Gasteiger partial charge on any atom is -0.350 e. The zero-order chi connectivity index (χ0) is 20.0. The lowest BCUT2D eigenvalue weighted by Crippen LogP contribution is -2.60. The average Bonchev–Trinajstić information content (AvgIpc) is 2.67. The van der Waals surface area contributed by atoms with Gasteiger partial charge in [-0.15, -0.1) is 0 Å². The number of amides is 1. The van der Waals surface area contributed by atoms with E-state index >= 15 is 0 Å². The highest BCUT2D eigenvalue weighted by Gasteiger charge is 2.51. The van der Waals surface area contributed by atoms with Gasteiger partial charge in [-0.2, -0.15) is 0 Å². The molecule has 0 unspecified atom stereocenters. The molecule has 154 valence electrons. The van der Waals surface area contributed by atoms with E-state index in [0.717, 1.165) is 43.4 Å². The molecule has 5 nitrogen and oxygen atoms in total. The van der Waals surface area contributed by atoms with E-state index in [9.17, 15) is 9.59 Å². The van der Waals surface area contributed by atoms with E-state index in [2.05, 4.69) is 12.2 Å². The van der Waals surface area contributed by atoms with Crippen molar-refractivity contribution in [3.8, 4) is 0 Å². The summed E-state index contributed by atoms with van der Waals surface area (Å²) in [5, 5.41) is 4.71. The van der Waals surface area contributed by atoms with Gasteiger partial charge in [0.15, 0.2) is 5.16 Å². The molecule has 4 saturated carbocycles. The number of benzene rings is 1. The lowest BCUT2D eigenvalue weighted by Gasteiger charge is -2.56. The second-order valence-corrected chi connectivity index (χ2v) is 10.3. The number of hydrogen-bond acceptors (Lipinski definition) is 4. The highest BCUT2D eigenvalue weighted by molar-refractivity contribution is 7.99. The van der Waals surface area contributed by atoms with Gasteiger partial charge in [0, 0.05) is 12.1 Å². The van der Waals surface area contributed by atoms with E-state index in [1.54, 1.807) is 4.57 Å².